The van der Waals surface area contributed by atoms with Crippen molar-refractivity contribution in [1.29, 1.82) is 0 Å². The summed E-state index contributed by atoms with van der Waals surface area (Å²) in [5, 5.41) is 119. The van der Waals surface area contributed by atoms with Crippen molar-refractivity contribution in [3.8, 4) is 0 Å². The van der Waals surface area contributed by atoms with Crippen LogP contribution in [0.3, 0.4) is 0 Å². The molecule has 386 valence electrons. The summed E-state index contributed by atoms with van der Waals surface area (Å²) in [5.74, 6) is -0.291. The summed E-state index contributed by atoms with van der Waals surface area (Å²) in [6.07, 6.45) is 0.706. The van der Waals surface area contributed by atoms with Crippen LogP contribution in [0.5, 0.6) is 0 Å². The Hall–Kier alpha value is -1.73. The molecule has 17 atom stereocenters. The Bertz CT molecular complexity index is 1330. The zero-order valence-electron chi connectivity index (χ0n) is 39.2. The van der Waals surface area contributed by atoms with Crippen molar-refractivity contribution in [3.05, 3.63) is 24.3 Å². The summed E-state index contributed by atoms with van der Waals surface area (Å²) in [7, 11) is 0. The molecule has 0 aliphatic carbocycles. The van der Waals surface area contributed by atoms with Crippen molar-refractivity contribution in [1.82, 2.24) is 5.32 Å². The zero-order chi connectivity index (χ0) is 48.4. The van der Waals surface area contributed by atoms with Crippen LogP contribution in [0.4, 0.5) is 0 Å². The molecule has 19 nitrogen and oxygen atoms in total. The molecule has 66 heavy (non-hydrogen) atoms. The van der Waals surface area contributed by atoms with E-state index in [1.807, 2.05) is 6.08 Å². The van der Waals surface area contributed by atoms with Crippen molar-refractivity contribution in [2.24, 2.45) is 0 Å². The normalized spacial score (nSPS) is 34.0. The summed E-state index contributed by atoms with van der Waals surface area (Å²) < 4.78 is 34.0. The van der Waals surface area contributed by atoms with Crippen LogP contribution in [0.1, 0.15) is 136 Å². The minimum absolute atomic E-state index is 0.238. The van der Waals surface area contributed by atoms with E-state index in [-0.39, 0.29) is 18.9 Å². The fourth-order valence-electron chi connectivity index (χ4n) is 8.32. The van der Waals surface area contributed by atoms with Gasteiger partial charge in [-0.05, 0) is 32.1 Å². The van der Waals surface area contributed by atoms with Crippen LogP contribution in [0.15, 0.2) is 24.3 Å². The molecular formula is C47H85NO18. The number of nitrogens with one attached hydrogen (secondary N) is 1. The van der Waals surface area contributed by atoms with Crippen LogP contribution in [0.2, 0.25) is 0 Å². The number of aliphatic hydroxyl groups is 11. The van der Waals surface area contributed by atoms with Gasteiger partial charge < -0.3 is 89.9 Å². The Morgan fingerprint density at radius 1 is 0.530 bits per heavy atom. The Morgan fingerprint density at radius 3 is 1.52 bits per heavy atom. The molecule has 0 saturated carbocycles. The Balaban J connectivity index is 1.58. The zero-order valence-corrected chi connectivity index (χ0v) is 39.2. The van der Waals surface area contributed by atoms with Crippen LogP contribution in [-0.4, -0.2) is 193 Å². The van der Waals surface area contributed by atoms with E-state index in [9.17, 15) is 61.0 Å². The number of allylic oxidation sites excluding steroid dienone is 3. The van der Waals surface area contributed by atoms with Gasteiger partial charge in [0, 0.05) is 6.42 Å². The highest BCUT2D eigenvalue weighted by molar-refractivity contribution is 5.76. The minimum Gasteiger partial charge on any atom is -0.394 e. The van der Waals surface area contributed by atoms with Gasteiger partial charge in [0.05, 0.1) is 38.6 Å². The number of aliphatic hydroxyl groups excluding tert-OH is 11. The van der Waals surface area contributed by atoms with E-state index in [1.54, 1.807) is 6.08 Å². The average Bonchev–Trinajstić information content (AvgIpc) is 3.31. The fraction of sp³-hybridized carbons (Fsp3) is 0.894. The van der Waals surface area contributed by atoms with Gasteiger partial charge in [-0.2, -0.15) is 0 Å². The summed E-state index contributed by atoms with van der Waals surface area (Å²) in [6, 6.07) is -0.981. The maximum absolute atomic E-state index is 13.1. The molecule has 17 unspecified atom stereocenters. The molecule has 19 heteroatoms. The third-order valence-electron chi connectivity index (χ3n) is 12.5. The van der Waals surface area contributed by atoms with Crippen LogP contribution in [0.25, 0.3) is 0 Å². The van der Waals surface area contributed by atoms with E-state index in [4.69, 9.17) is 28.4 Å². The maximum atomic E-state index is 13.1. The van der Waals surface area contributed by atoms with Gasteiger partial charge in [-0.1, -0.05) is 122 Å². The first-order valence-electron chi connectivity index (χ1n) is 24.6. The van der Waals surface area contributed by atoms with E-state index in [1.165, 1.54) is 57.8 Å². The molecule has 0 aromatic carbocycles. The Kier molecular flexibility index (Phi) is 29.3. The third-order valence-corrected chi connectivity index (χ3v) is 12.5. The van der Waals surface area contributed by atoms with Crippen molar-refractivity contribution in [2.45, 2.75) is 240 Å². The number of rotatable bonds is 33. The first kappa shape index (κ1) is 58.6. The van der Waals surface area contributed by atoms with Crippen molar-refractivity contribution in [2.75, 3.05) is 26.4 Å². The van der Waals surface area contributed by atoms with Gasteiger partial charge in [0.15, 0.2) is 18.9 Å². The molecule has 12 N–H and O–H groups in total. The summed E-state index contributed by atoms with van der Waals surface area (Å²) in [6.45, 7) is 1.59. The predicted molar refractivity (Wildman–Crippen MR) is 240 cm³/mol. The van der Waals surface area contributed by atoms with Crippen LogP contribution in [-0.2, 0) is 33.2 Å². The topological polar surface area (TPSA) is 307 Å². The van der Waals surface area contributed by atoms with Gasteiger partial charge >= 0.3 is 0 Å². The van der Waals surface area contributed by atoms with E-state index < -0.39 is 124 Å². The van der Waals surface area contributed by atoms with Crippen LogP contribution < -0.4 is 5.32 Å². The number of hydrogen-bond acceptors (Lipinski definition) is 18. The van der Waals surface area contributed by atoms with E-state index in [2.05, 4.69) is 31.3 Å². The van der Waals surface area contributed by atoms with Crippen molar-refractivity contribution in [3.63, 3.8) is 0 Å². The summed E-state index contributed by atoms with van der Waals surface area (Å²) in [4.78, 5) is 13.1. The Morgan fingerprint density at radius 2 is 0.970 bits per heavy atom. The lowest BCUT2D eigenvalue weighted by Crippen LogP contribution is -2.66. The minimum atomic E-state index is -1.98. The molecule has 3 aliphatic heterocycles. The second kappa shape index (κ2) is 33.0. The fourth-order valence-corrected chi connectivity index (χ4v) is 8.32. The largest absolute Gasteiger partial charge is 0.394 e. The van der Waals surface area contributed by atoms with Gasteiger partial charge in [0.1, 0.15) is 73.2 Å². The molecular weight excluding hydrogens is 867 g/mol. The molecule has 3 heterocycles. The second-order valence-electron chi connectivity index (χ2n) is 17.9. The lowest BCUT2D eigenvalue weighted by Gasteiger charge is -2.48. The van der Waals surface area contributed by atoms with Gasteiger partial charge in [0.25, 0.3) is 0 Å². The SMILES string of the molecule is CCCCC/C=C/CC/C=C/C(O)C(COC1OC(CO)C(OC2OC(CO)C(OC3OC(CO)C(O)C(O)C3O)C(O)C2O)C(O)C1O)NC(=O)CCCCCCCCCCCCCC. The second-order valence-corrected chi connectivity index (χ2v) is 17.9. The van der Waals surface area contributed by atoms with E-state index in [0.29, 0.717) is 12.8 Å². The lowest BCUT2D eigenvalue weighted by molar-refractivity contribution is -0.379. The molecule has 3 rings (SSSR count). The van der Waals surface area contributed by atoms with E-state index in [0.717, 1.165) is 44.9 Å². The number of hydrogen-bond donors (Lipinski definition) is 12. The first-order valence-corrected chi connectivity index (χ1v) is 24.6. The molecule has 0 aromatic rings. The molecule has 0 spiro atoms. The summed E-state index contributed by atoms with van der Waals surface area (Å²) in [5.41, 5.74) is 0. The van der Waals surface area contributed by atoms with Gasteiger partial charge in [-0.15, -0.1) is 0 Å². The number of unbranched alkanes of at least 4 members (excludes halogenated alkanes) is 15. The highest BCUT2D eigenvalue weighted by Gasteiger charge is 2.53. The van der Waals surface area contributed by atoms with Gasteiger partial charge in [-0.25, -0.2) is 0 Å². The maximum Gasteiger partial charge on any atom is 0.220 e. The monoisotopic (exact) mass is 952 g/mol. The molecule has 3 fully saturated rings. The standard InChI is InChI=1S/C47H85NO18/c1-3-5-7-9-11-13-14-15-17-19-21-23-25-35(53)48-30(31(52)24-22-20-18-16-12-10-8-6-4-2)29-61-45-41(59)38(56)43(33(27-50)63-45)66-47-42(60)39(57)44(34(28-51)64-47)65-46-40(58)37(55)36(54)32(26-49)62-46/h12,16,22,24,30-34,36-47,49-52,54-60H,3-11,13-15,17-21,23,25-29H2,1-2H3,(H,48,53)/b16-12+,24-22+. The quantitative estimate of drug-likeness (QED) is 0.0321. The van der Waals surface area contributed by atoms with Crippen molar-refractivity contribution < 1.29 is 89.4 Å². The molecule has 3 saturated heterocycles. The molecule has 3 aliphatic rings. The number of carbonyl (C=O) groups is 1. The predicted octanol–water partition coefficient (Wildman–Crippen LogP) is 0.861. The van der Waals surface area contributed by atoms with Crippen LogP contribution >= 0.6 is 0 Å². The smallest absolute Gasteiger partial charge is 0.220 e. The van der Waals surface area contributed by atoms with E-state index >= 15 is 0 Å². The molecule has 1 amide bonds. The number of amides is 1. The third kappa shape index (κ3) is 19.2. The summed E-state index contributed by atoms with van der Waals surface area (Å²) >= 11 is 0. The number of carbonyl (C=O) groups excluding carboxylic acids is 1. The molecule has 0 bridgehead atoms. The molecule has 0 radical (unpaired) electrons. The lowest BCUT2D eigenvalue weighted by atomic mass is 9.96. The highest BCUT2D eigenvalue weighted by Crippen LogP contribution is 2.33. The van der Waals surface area contributed by atoms with Gasteiger partial charge in [-0.3, -0.25) is 4.79 Å². The molecule has 0 aromatic heterocycles. The average molecular weight is 952 g/mol. The Labute approximate surface area is 390 Å². The van der Waals surface area contributed by atoms with Gasteiger partial charge in [0.2, 0.25) is 5.91 Å². The van der Waals surface area contributed by atoms with Crippen molar-refractivity contribution >= 4 is 5.91 Å². The number of ether oxygens (including phenoxy) is 6. The van der Waals surface area contributed by atoms with Crippen LogP contribution in [0, 0.1) is 0 Å². The highest BCUT2D eigenvalue weighted by atomic mass is 16.8. The first-order chi connectivity index (χ1) is 31.8.